The first kappa shape index (κ1) is 16.6. The van der Waals surface area contributed by atoms with E-state index in [-0.39, 0.29) is 19.2 Å². The second-order valence-electron chi connectivity index (χ2n) is 7.01. The average Bonchev–Trinajstić information content (AvgIpc) is 3.26. The van der Waals surface area contributed by atoms with Crippen LogP contribution in [-0.2, 0) is 16.9 Å². The van der Waals surface area contributed by atoms with Crippen LogP contribution in [0.4, 0.5) is 4.79 Å². The number of benzene rings is 2. The van der Waals surface area contributed by atoms with Gasteiger partial charge < -0.3 is 14.8 Å². The van der Waals surface area contributed by atoms with Crippen molar-refractivity contribution in [1.29, 1.82) is 0 Å². The lowest BCUT2D eigenvalue weighted by Gasteiger charge is -2.22. The fraction of sp³-hybridized carbons (Fsp3) is 0.190. The first-order chi connectivity index (χ1) is 13.5. The molecule has 1 saturated heterocycles. The monoisotopic (exact) mass is 375 g/mol. The van der Waals surface area contributed by atoms with Gasteiger partial charge >= 0.3 is 6.03 Å². The SMILES string of the molecule is CC1(c2ccc3c(c2)OCO3)NC(=O)N(Cc2ccc3ccccc3n2)C1=O. The van der Waals surface area contributed by atoms with Crippen LogP contribution in [0.15, 0.2) is 54.6 Å². The van der Waals surface area contributed by atoms with Crippen LogP contribution in [0.2, 0.25) is 0 Å². The van der Waals surface area contributed by atoms with Crippen LogP contribution in [0.1, 0.15) is 18.2 Å². The fourth-order valence-corrected chi connectivity index (χ4v) is 3.60. The van der Waals surface area contributed by atoms with Crippen molar-refractivity contribution in [1.82, 2.24) is 15.2 Å². The first-order valence-electron chi connectivity index (χ1n) is 8.93. The highest BCUT2D eigenvalue weighted by atomic mass is 16.7. The highest BCUT2D eigenvalue weighted by Crippen LogP contribution is 2.38. The Morgan fingerprint density at radius 3 is 2.79 bits per heavy atom. The van der Waals surface area contributed by atoms with Crippen molar-refractivity contribution in [3.8, 4) is 11.5 Å². The van der Waals surface area contributed by atoms with Crippen LogP contribution in [0.25, 0.3) is 10.9 Å². The van der Waals surface area contributed by atoms with Crippen molar-refractivity contribution in [2.45, 2.75) is 19.0 Å². The summed E-state index contributed by atoms with van der Waals surface area (Å²) in [5, 5.41) is 3.82. The average molecular weight is 375 g/mol. The quantitative estimate of drug-likeness (QED) is 0.712. The van der Waals surface area contributed by atoms with Crippen LogP contribution in [0, 0.1) is 0 Å². The number of para-hydroxylation sites is 1. The first-order valence-corrected chi connectivity index (χ1v) is 8.93. The van der Waals surface area contributed by atoms with E-state index < -0.39 is 11.6 Å². The van der Waals surface area contributed by atoms with E-state index in [0.29, 0.717) is 22.8 Å². The third-order valence-corrected chi connectivity index (χ3v) is 5.20. The molecule has 3 aromatic rings. The third kappa shape index (κ3) is 2.47. The van der Waals surface area contributed by atoms with Gasteiger partial charge in [0.05, 0.1) is 17.8 Å². The summed E-state index contributed by atoms with van der Waals surface area (Å²) in [5.41, 5.74) is 0.946. The van der Waals surface area contributed by atoms with Crippen molar-refractivity contribution in [3.63, 3.8) is 0 Å². The molecule has 1 atom stereocenters. The van der Waals surface area contributed by atoms with Crippen molar-refractivity contribution in [2.24, 2.45) is 0 Å². The highest BCUT2D eigenvalue weighted by molar-refractivity contribution is 6.07. The zero-order valence-corrected chi connectivity index (χ0v) is 15.1. The largest absolute Gasteiger partial charge is 0.454 e. The number of rotatable bonds is 3. The summed E-state index contributed by atoms with van der Waals surface area (Å²) in [6, 6.07) is 16.3. The number of nitrogens with zero attached hydrogens (tertiary/aromatic N) is 2. The molecule has 3 heterocycles. The van der Waals surface area contributed by atoms with E-state index >= 15 is 0 Å². The summed E-state index contributed by atoms with van der Waals surface area (Å²) in [6.07, 6.45) is 0. The molecular weight excluding hydrogens is 358 g/mol. The number of ether oxygens (including phenoxy) is 2. The number of hydrogen-bond acceptors (Lipinski definition) is 5. The molecule has 0 aliphatic carbocycles. The van der Waals surface area contributed by atoms with Crippen molar-refractivity contribution < 1.29 is 19.1 Å². The van der Waals surface area contributed by atoms with Gasteiger partial charge in [-0.1, -0.05) is 30.3 Å². The number of carbonyl (C=O) groups is 2. The molecule has 2 aliphatic heterocycles. The molecule has 2 aromatic carbocycles. The Bertz CT molecular complexity index is 1130. The molecule has 2 aliphatic rings. The summed E-state index contributed by atoms with van der Waals surface area (Å²) < 4.78 is 10.7. The smallest absolute Gasteiger partial charge is 0.325 e. The van der Waals surface area contributed by atoms with Crippen molar-refractivity contribution in [3.05, 3.63) is 65.9 Å². The van der Waals surface area contributed by atoms with E-state index in [4.69, 9.17) is 9.47 Å². The minimum atomic E-state index is -1.17. The fourth-order valence-electron chi connectivity index (χ4n) is 3.60. The molecule has 1 unspecified atom stereocenters. The molecule has 28 heavy (non-hydrogen) atoms. The van der Waals surface area contributed by atoms with E-state index in [1.807, 2.05) is 36.4 Å². The van der Waals surface area contributed by atoms with Gasteiger partial charge in [-0.3, -0.25) is 14.7 Å². The molecule has 1 N–H and O–H groups in total. The van der Waals surface area contributed by atoms with Crippen LogP contribution >= 0.6 is 0 Å². The molecule has 1 aromatic heterocycles. The van der Waals surface area contributed by atoms with Crippen molar-refractivity contribution >= 4 is 22.8 Å². The zero-order chi connectivity index (χ0) is 19.3. The number of amides is 3. The maximum atomic E-state index is 13.1. The number of pyridine rings is 1. The van der Waals surface area contributed by atoms with Gasteiger partial charge in [0.15, 0.2) is 11.5 Å². The van der Waals surface area contributed by atoms with Gasteiger partial charge in [0, 0.05) is 5.39 Å². The number of fused-ring (bicyclic) bond motifs is 2. The molecule has 7 nitrogen and oxygen atoms in total. The van der Waals surface area contributed by atoms with Crippen LogP contribution < -0.4 is 14.8 Å². The van der Waals surface area contributed by atoms with Gasteiger partial charge in [-0.05, 0) is 36.8 Å². The second-order valence-corrected chi connectivity index (χ2v) is 7.01. The molecule has 0 spiro atoms. The summed E-state index contributed by atoms with van der Waals surface area (Å²) >= 11 is 0. The number of carbonyl (C=O) groups excluding carboxylic acids is 2. The standard InChI is InChI=1S/C21H17N3O4/c1-21(14-7-9-17-18(10-14)28-12-27-17)19(25)24(20(26)23-21)11-15-8-6-13-4-2-3-5-16(13)22-15/h2-10H,11-12H2,1H3,(H,23,26). The Hall–Kier alpha value is -3.61. The Kier molecular flexibility index (Phi) is 3.52. The van der Waals surface area contributed by atoms with E-state index in [9.17, 15) is 9.59 Å². The van der Waals surface area contributed by atoms with Gasteiger partial charge in [-0.2, -0.15) is 0 Å². The molecule has 0 radical (unpaired) electrons. The van der Waals surface area contributed by atoms with Crippen LogP contribution in [0.3, 0.4) is 0 Å². The Morgan fingerprint density at radius 2 is 1.89 bits per heavy atom. The van der Waals surface area contributed by atoms with Crippen molar-refractivity contribution in [2.75, 3.05) is 6.79 Å². The van der Waals surface area contributed by atoms with Crippen LogP contribution in [0.5, 0.6) is 11.5 Å². The highest BCUT2D eigenvalue weighted by Gasteiger charge is 2.49. The van der Waals surface area contributed by atoms with E-state index in [0.717, 1.165) is 10.9 Å². The maximum Gasteiger partial charge on any atom is 0.325 e. The van der Waals surface area contributed by atoms with Gasteiger partial charge in [0.1, 0.15) is 5.54 Å². The lowest BCUT2D eigenvalue weighted by Crippen LogP contribution is -2.40. The maximum absolute atomic E-state index is 13.1. The zero-order valence-electron chi connectivity index (χ0n) is 15.1. The van der Waals surface area contributed by atoms with Gasteiger partial charge in [0.25, 0.3) is 5.91 Å². The Morgan fingerprint density at radius 1 is 1.07 bits per heavy atom. The number of hydrogen-bond donors (Lipinski definition) is 1. The normalized spacial score (nSPS) is 20.7. The number of imide groups is 1. The third-order valence-electron chi connectivity index (χ3n) is 5.20. The molecular formula is C21H17N3O4. The van der Waals surface area contributed by atoms with E-state index in [2.05, 4.69) is 10.3 Å². The number of nitrogens with one attached hydrogen (secondary N) is 1. The van der Waals surface area contributed by atoms with Gasteiger partial charge in [-0.15, -0.1) is 0 Å². The van der Waals surface area contributed by atoms with E-state index in [1.165, 1.54) is 4.90 Å². The topological polar surface area (TPSA) is 80.8 Å². The predicted octanol–water partition coefficient (Wildman–Crippen LogP) is 2.93. The molecule has 3 amide bonds. The predicted molar refractivity (Wildman–Crippen MR) is 101 cm³/mol. The summed E-state index contributed by atoms with van der Waals surface area (Å²) in [7, 11) is 0. The number of aromatic nitrogens is 1. The molecule has 0 bridgehead atoms. The van der Waals surface area contributed by atoms with Gasteiger partial charge in [0.2, 0.25) is 6.79 Å². The van der Waals surface area contributed by atoms with Gasteiger partial charge in [-0.25, -0.2) is 4.79 Å². The molecule has 7 heteroatoms. The molecule has 140 valence electrons. The van der Waals surface area contributed by atoms with Crippen LogP contribution in [-0.4, -0.2) is 28.6 Å². The summed E-state index contributed by atoms with van der Waals surface area (Å²) in [4.78, 5) is 31.5. The Balaban J connectivity index is 1.45. The molecule has 1 fully saturated rings. The number of urea groups is 1. The lowest BCUT2D eigenvalue weighted by atomic mass is 9.91. The Labute approximate surface area is 160 Å². The molecule has 5 rings (SSSR count). The second kappa shape index (κ2) is 5.95. The minimum absolute atomic E-state index is 0.107. The lowest BCUT2D eigenvalue weighted by molar-refractivity contribution is -0.131. The minimum Gasteiger partial charge on any atom is -0.454 e. The summed E-state index contributed by atoms with van der Waals surface area (Å²) in [5.74, 6) is 0.864. The molecule has 0 saturated carbocycles. The van der Waals surface area contributed by atoms with E-state index in [1.54, 1.807) is 25.1 Å². The summed E-state index contributed by atoms with van der Waals surface area (Å²) in [6.45, 7) is 1.95.